The lowest BCUT2D eigenvalue weighted by Crippen LogP contribution is -2.29. The van der Waals surface area contributed by atoms with Crippen LogP contribution in [0, 0.1) is 0 Å². The Bertz CT molecular complexity index is 417. The van der Waals surface area contributed by atoms with Crippen molar-refractivity contribution in [2.24, 2.45) is 0 Å². The number of amides is 1. The molecule has 0 aliphatic carbocycles. The highest BCUT2D eigenvalue weighted by atomic mass is 16.6. The minimum absolute atomic E-state index is 0.0700. The Labute approximate surface area is 98.3 Å². The van der Waals surface area contributed by atoms with Gasteiger partial charge in [0, 0.05) is 13.1 Å². The van der Waals surface area contributed by atoms with Crippen molar-refractivity contribution < 1.29 is 14.3 Å². The van der Waals surface area contributed by atoms with Gasteiger partial charge in [-0.05, 0) is 13.3 Å². The number of hydrogen-bond acceptors (Lipinski definition) is 5. The van der Waals surface area contributed by atoms with E-state index in [1.165, 1.54) is 0 Å². The van der Waals surface area contributed by atoms with Gasteiger partial charge in [-0.25, -0.2) is 9.48 Å². The summed E-state index contributed by atoms with van der Waals surface area (Å²) in [6.07, 6.45) is 2.74. The van der Waals surface area contributed by atoms with E-state index in [2.05, 4.69) is 10.3 Å². The van der Waals surface area contributed by atoms with Crippen molar-refractivity contribution >= 4 is 12.4 Å². The van der Waals surface area contributed by atoms with Crippen LogP contribution in [0.1, 0.15) is 29.9 Å². The monoisotopic (exact) mass is 238 g/mol. The van der Waals surface area contributed by atoms with E-state index in [0.717, 1.165) is 6.42 Å². The second-order valence-corrected chi connectivity index (χ2v) is 3.83. The number of hydrogen-bond donors (Lipinski definition) is 0. The van der Waals surface area contributed by atoms with Crippen LogP contribution in [0.15, 0.2) is 6.20 Å². The molecule has 0 bridgehead atoms. The molecule has 0 saturated carbocycles. The first kappa shape index (κ1) is 11.6. The van der Waals surface area contributed by atoms with Crippen LogP contribution in [0.25, 0.3) is 0 Å². The lowest BCUT2D eigenvalue weighted by atomic mass is 10.3. The zero-order valence-electron chi connectivity index (χ0n) is 9.57. The van der Waals surface area contributed by atoms with Gasteiger partial charge in [0.15, 0.2) is 6.29 Å². The number of nitrogens with zero attached hydrogens (tertiary/aromatic N) is 4. The average Bonchev–Trinajstić information content (AvgIpc) is 2.98. The predicted octanol–water partition coefficient (Wildman–Crippen LogP) is 0.494. The zero-order valence-corrected chi connectivity index (χ0v) is 9.57. The van der Waals surface area contributed by atoms with E-state index in [4.69, 9.17) is 4.74 Å². The first-order valence-corrected chi connectivity index (χ1v) is 5.53. The molecule has 0 N–H and O–H groups in total. The van der Waals surface area contributed by atoms with Gasteiger partial charge in [-0.3, -0.25) is 4.79 Å². The van der Waals surface area contributed by atoms with Gasteiger partial charge in [0.25, 0.3) is 0 Å². The molecule has 1 aromatic heterocycles. The summed E-state index contributed by atoms with van der Waals surface area (Å²) in [7, 11) is 0. The van der Waals surface area contributed by atoms with E-state index in [1.54, 1.807) is 22.7 Å². The maximum Gasteiger partial charge on any atom is 0.409 e. The van der Waals surface area contributed by atoms with Crippen molar-refractivity contribution in [3.8, 4) is 0 Å². The predicted molar refractivity (Wildman–Crippen MR) is 57.7 cm³/mol. The van der Waals surface area contributed by atoms with Crippen molar-refractivity contribution in [3.05, 3.63) is 11.9 Å². The number of carbonyl (C=O) groups excluding carboxylic acids is 2. The van der Waals surface area contributed by atoms with Crippen LogP contribution in [0.2, 0.25) is 0 Å². The van der Waals surface area contributed by atoms with Crippen molar-refractivity contribution in [2.75, 3.05) is 19.7 Å². The fraction of sp³-hybridized carbons (Fsp3) is 0.600. The molecule has 1 amide bonds. The molecule has 0 unspecified atom stereocenters. The summed E-state index contributed by atoms with van der Waals surface area (Å²) >= 11 is 0. The Morgan fingerprint density at radius 3 is 3.18 bits per heavy atom. The van der Waals surface area contributed by atoms with Crippen LogP contribution in [-0.2, 0) is 4.74 Å². The molecule has 92 valence electrons. The van der Waals surface area contributed by atoms with Gasteiger partial charge in [-0.1, -0.05) is 5.21 Å². The van der Waals surface area contributed by atoms with Crippen LogP contribution < -0.4 is 0 Å². The van der Waals surface area contributed by atoms with Crippen molar-refractivity contribution in [1.29, 1.82) is 0 Å². The summed E-state index contributed by atoms with van der Waals surface area (Å²) in [5, 5.41) is 7.56. The average molecular weight is 238 g/mol. The Morgan fingerprint density at radius 1 is 1.71 bits per heavy atom. The first-order chi connectivity index (χ1) is 8.24. The quantitative estimate of drug-likeness (QED) is 0.716. The summed E-state index contributed by atoms with van der Waals surface area (Å²) in [5.74, 6) is 0. The highest BCUT2D eigenvalue weighted by Gasteiger charge is 2.28. The molecular formula is C10H14N4O3. The number of rotatable bonds is 3. The molecule has 0 aromatic carbocycles. The first-order valence-electron chi connectivity index (χ1n) is 5.53. The smallest absolute Gasteiger partial charge is 0.409 e. The number of ether oxygens (including phenoxy) is 1. The maximum absolute atomic E-state index is 11.5. The van der Waals surface area contributed by atoms with Crippen LogP contribution in [-0.4, -0.2) is 52.0 Å². The van der Waals surface area contributed by atoms with E-state index < -0.39 is 0 Å². The van der Waals surface area contributed by atoms with Crippen LogP contribution >= 0.6 is 0 Å². The van der Waals surface area contributed by atoms with Crippen LogP contribution in [0.5, 0.6) is 0 Å². The van der Waals surface area contributed by atoms with Crippen molar-refractivity contribution in [1.82, 2.24) is 19.9 Å². The Balaban J connectivity index is 1.97. The lowest BCUT2D eigenvalue weighted by molar-refractivity contribution is 0.111. The van der Waals surface area contributed by atoms with Gasteiger partial charge in [-0.15, -0.1) is 5.10 Å². The zero-order chi connectivity index (χ0) is 12.3. The molecule has 1 aliphatic heterocycles. The van der Waals surface area contributed by atoms with Crippen LogP contribution in [0.4, 0.5) is 4.79 Å². The third-order valence-electron chi connectivity index (χ3n) is 2.71. The Morgan fingerprint density at radius 2 is 2.53 bits per heavy atom. The minimum atomic E-state index is -0.300. The largest absolute Gasteiger partial charge is 0.450 e. The molecule has 1 aromatic rings. The minimum Gasteiger partial charge on any atom is -0.450 e. The van der Waals surface area contributed by atoms with Gasteiger partial charge >= 0.3 is 6.09 Å². The fourth-order valence-corrected chi connectivity index (χ4v) is 1.86. The van der Waals surface area contributed by atoms with Gasteiger partial charge in [0.2, 0.25) is 0 Å². The third-order valence-corrected chi connectivity index (χ3v) is 2.71. The summed E-state index contributed by atoms with van der Waals surface area (Å²) < 4.78 is 6.55. The lowest BCUT2D eigenvalue weighted by Gasteiger charge is -2.15. The standard InChI is InChI=1S/C10H14N4O3/c1-2-17-10(16)13-4-3-9(6-13)14-5-8(7-15)11-12-14/h5,7,9H,2-4,6H2,1H3/t9-/m0/s1. The Kier molecular flexibility index (Phi) is 3.36. The van der Waals surface area contributed by atoms with E-state index in [9.17, 15) is 9.59 Å². The van der Waals surface area contributed by atoms with Gasteiger partial charge in [0.1, 0.15) is 5.69 Å². The van der Waals surface area contributed by atoms with E-state index in [0.29, 0.717) is 31.7 Å². The molecule has 7 heteroatoms. The third kappa shape index (κ3) is 2.43. The van der Waals surface area contributed by atoms with Gasteiger partial charge in [-0.2, -0.15) is 0 Å². The second-order valence-electron chi connectivity index (χ2n) is 3.83. The molecule has 1 aliphatic rings. The molecule has 17 heavy (non-hydrogen) atoms. The van der Waals surface area contributed by atoms with E-state index >= 15 is 0 Å². The maximum atomic E-state index is 11.5. The number of likely N-dealkylation sites (tertiary alicyclic amines) is 1. The van der Waals surface area contributed by atoms with Gasteiger partial charge < -0.3 is 9.64 Å². The van der Waals surface area contributed by atoms with E-state index in [1.807, 2.05) is 0 Å². The summed E-state index contributed by atoms with van der Waals surface area (Å²) in [6.45, 7) is 3.33. The molecule has 1 fully saturated rings. The number of aromatic nitrogens is 3. The molecule has 1 saturated heterocycles. The summed E-state index contributed by atoms with van der Waals surface area (Å²) in [4.78, 5) is 23.6. The topological polar surface area (TPSA) is 77.3 Å². The molecule has 0 spiro atoms. The SMILES string of the molecule is CCOC(=O)N1CC[C@H](n2cc(C=O)nn2)C1. The molecule has 2 rings (SSSR count). The van der Waals surface area contributed by atoms with E-state index in [-0.39, 0.29) is 12.1 Å². The molecule has 0 radical (unpaired) electrons. The highest BCUT2D eigenvalue weighted by Crippen LogP contribution is 2.21. The van der Waals surface area contributed by atoms with Crippen molar-refractivity contribution in [3.63, 3.8) is 0 Å². The second kappa shape index (κ2) is 4.94. The fourth-order valence-electron chi connectivity index (χ4n) is 1.86. The Hall–Kier alpha value is -1.92. The number of carbonyl (C=O) groups is 2. The number of aldehydes is 1. The molecule has 1 atom stereocenters. The van der Waals surface area contributed by atoms with Gasteiger partial charge in [0.05, 0.1) is 18.8 Å². The highest BCUT2D eigenvalue weighted by molar-refractivity contribution is 5.70. The summed E-state index contributed by atoms with van der Waals surface area (Å²) in [6, 6.07) is 0.0700. The van der Waals surface area contributed by atoms with Crippen LogP contribution in [0.3, 0.4) is 0 Å². The normalized spacial score (nSPS) is 19.4. The molecular weight excluding hydrogens is 224 g/mol. The molecule has 2 heterocycles. The van der Waals surface area contributed by atoms with Crippen molar-refractivity contribution in [2.45, 2.75) is 19.4 Å². The molecule has 7 nitrogen and oxygen atoms in total. The summed E-state index contributed by atoms with van der Waals surface area (Å²) in [5.41, 5.74) is 0.305.